The van der Waals surface area contributed by atoms with Crippen LogP contribution in [0.25, 0.3) is 0 Å². The van der Waals surface area contributed by atoms with Gasteiger partial charge in [0.15, 0.2) is 0 Å². The number of aryl methyl sites for hydroxylation is 2. The molecule has 2 aromatic rings. The minimum Gasteiger partial charge on any atom is -0.508 e. The van der Waals surface area contributed by atoms with Gasteiger partial charge in [-0.15, -0.1) is 0 Å². The van der Waals surface area contributed by atoms with Gasteiger partial charge < -0.3 is 10.4 Å². The molecule has 0 saturated heterocycles. The number of para-hydroxylation sites is 1. The smallest absolute Gasteiger partial charge is 0.120 e. The number of hydrogen-bond acceptors (Lipinski definition) is 3. The van der Waals surface area contributed by atoms with Crippen molar-refractivity contribution in [3.8, 4) is 5.75 Å². The maximum Gasteiger partial charge on any atom is 0.120 e. The van der Waals surface area contributed by atoms with E-state index in [0.717, 1.165) is 21.4 Å². The second-order valence-corrected chi connectivity index (χ2v) is 4.99. The molecule has 96 valence electrons. The van der Waals surface area contributed by atoms with E-state index in [1.54, 1.807) is 6.07 Å². The molecule has 0 bridgehead atoms. The molecule has 0 fully saturated rings. The summed E-state index contributed by atoms with van der Waals surface area (Å²) < 4.78 is 2.90. The van der Waals surface area contributed by atoms with E-state index in [1.807, 2.05) is 36.9 Å². The summed E-state index contributed by atoms with van der Waals surface area (Å²) in [5.74, 6) is 0.324. The van der Waals surface area contributed by atoms with Crippen LogP contribution in [0.15, 0.2) is 28.7 Å². The third-order valence-electron chi connectivity index (χ3n) is 2.86. The highest BCUT2D eigenvalue weighted by Crippen LogP contribution is 2.20. The number of phenols is 1. The summed E-state index contributed by atoms with van der Waals surface area (Å²) in [6, 6.07) is 7.34. The fourth-order valence-corrected chi connectivity index (χ4v) is 2.32. The van der Waals surface area contributed by atoms with Crippen LogP contribution in [0.2, 0.25) is 0 Å². The van der Waals surface area contributed by atoms with E-state index in [2.05, 4.69) is 26.3 Å². The van der Waals surface area contributed by atoms with Gasteiger partial charge in [-0.05, 0) is 28.9 Å². The third kappa shape index (κ3) is 2.73. The molecular formula is C13H16BrN3O. The van der Waals surface area contributed by atoms with Gasteiger partial charge in [-0.3, -0.25) is 4.68 Å². The lowest BCUT2D eigenvalue weighted by Crippen LogP contribution is -2.15. The van der Waals surface area contributed by atoms with E-state index in [0.29, 0.717) is 18.8 Å². The minimum absolute atomic E-state index is 0.324. The molecule has 0 aliphatic carbocycles. The molecule has 2 rings (SSSR count). The second kappa shape index (κ2) is 5.54. The Morgan fingerprint density at radius 2 is 2.06 bits per heavy atom. The Morgan fingerprint density at radius 3 is 2.67 bits per heavy atom. The molecule has 0 aliphatic heterocycles. The molecule has 4 nitrogen and oxygen atoms in total. The monoisotopic (exact) mass is 309 g/mol. The van der Waals surface area contributed by atoms with E-state index in [1.165, 1.54) is 0 Å². The Hall–Kier alpha value is -1.33. The van der Waals surface area contributed by atoms with E-state index in [4.69, 9.17) is 0 Å². The molecular weight excluding hydrogens is 294 g/mol. The lowest BCUT2D eigenvalue weighted by molar-refractivity contribution is 0.464. The molecule has 2 N–H and O–H groups in total. The zero-order valence-electron chi connectivity index (χ0n) is 10.4. The lowest BCUT2D eigenvalue weighted by atomic mass is 10.2. The summed E-state index contributed by atoms with van der Waals surface area (Å²) >= 11 is 3.53. The van der Waals surface area contributed by atoms with E-state index < -0.39 is 0 Å². The number of hydrogen-bond donors (Lipinski definition) is 2. The number of rotatable bonds is 4. The average Bonchev–Trinajstić information content (AvgIpc) is 2.58. The molecule has 0 aliphatic rings. The zero-order valence-corrected chi connectivity index (χ0v) is 12.0. The maximum absolute atomic E-state index is 9.65. The zero-order chi connectivity index (χ0) is 13.1. The molecule has 5 heteroatoms. The summed E-state index contributed by atoms with van der Waals surface area (Å²) in [5.41, 5.74) is 2.98. The van der Waals surface area contributed by atoms with Crippen molar-refractivity contribution in [1.29, 1.82) is 0 Å². The van der Waals surface area contributed by atoms with E-state index in [9.17, 15) is 5.11 Å². The van der Waals surface area contributed by atoms with Crippen LogP contribution in [0.4, 0.5) is 0 Å². The van der Waals surface area contributed by atoms with Gasteiger partial charge in [-0.1, -0.05) is 18.2 Å². The van der Waals surface area contributed by atoms with E-state index in [-0.39, 0.29) is 0 Å². The van der Waals surface area contributed by atoms with E-state index >= 15 is 0 Å². The number of halogens is 1. The quantitative estimate of drug-likeness (QED) is 0.912. The molecule has 0 amide bonds. The Balaban J connectivity index is 1.99. The van der Waals surface area contributed by atoms with Crippen molar-refractivity contribution < 1.29 is 5.11 Å². The first kappa shape index (κ1) is 13.1. The number of benzene rings is 1. The molecule has 0 atom stereocenters. The molecule has 1 heterocycles. The molecule has 1 aromatic carbocycles. The number of phenolic OH excluding ortho intramolecular Hbond substituents is 1. The fourth-order valence-electron chi connectivity index (χ4n) is 1.85. The van der Waals surface area contributed by atoms with Crippen LogP contribution < -0.4 is 5.32 Å². The first-order chi connectivity index (χ1) is 8.59. The highest BCUT2D eigenvalue weighted by Gasteiger charge is 2.10. The van der Waals surface area contributed by atoms with Crippen molar-refractivity contribution in [2.45, 2.75) is 20.0 Å². The SMILES string of the molecule is Cc1nn(C)c(CNCc2ccccc2O)c1Br. The maximum atomic E-state index is 9.65. The summed E-state index contributed by atoms with van der Waals surface area (Å²) in [7, 11) is 1.93. The van der Waals surface area contributed by atoms with Gasteiger partial charge in [0.05, 0.1) is 15.9 Å². The minimum atomic E-state index is 0.324. The van der Waals surface area contributed by atoms with Crippen LogP contribution >= 0.6 is 15.9 Å². The first-order valence-corrected chi connectivity index (χ1v) is 6.54. The highest BCUT2D eigenvalue weighted by molar-refractivity contribution is 9.10. The molecule has 1 aromatic heterocycles. The lowest BCUT2D eigenvalue weighted by Gasteiger charge is -2.07. The molecule has 0 unspecified atom stereocenters. The van der Waals surface area contributed by atoms with Gasteiger partial charge in [-0.2, -0.15) is 5.10 Å². The van der Waals surface area contributed by atoms with Crippen molar-refractivity contribution in [3.63, 3.8) is 0 Å². The molecule has 18 heavy (non-hydrogen) atoms. The van der Waals surface area contributed by atoms with Crippen molar-refractivity contribution in [2.24, 2.45) is 7.05 Å². The first-order valence-electron chi connectivity index (χ1n) is 5.75. The van der Waals surface area contributed by atoms with Crippen molar-refractivity contribution in [3.05, 3.63) is 45.7 Å². The second-order valence-electron chi connectivity index (χ2n) is 4.20. The van der Waals surface area contributed by atoms with Crippen LogP contribution in [0.1, 0.15) is 17.0 Å². The van der Waals surface area contributed by atoms with Gasteiger partial charge in [0, 0.05) is 25.7 Å². The topological polar surface area (TPSA) is 50.1 Å². The summed E-state index contributed by atoms with van der Waals surface area (Å²) in [6.45, 7) is 3.30. The van der Waals surface area contributed by atoms with Gasteiger partial charge in [0.2, 0.25) is 0 Å². The average molecular weight is 310 g/mol. The molecule has 0 spiro atoms. The van der Waals surface area contributed by atoms with Gasteiger partial charge in [0.25, 0.3) is 0 Å². The normalized spacial score (nSPS) is 10.8. The Kier molecular flexibility index (Phi) is 4.04. The summed E-state index contributed by atoms with van der Waals surface area (Å²) in [5, 5.41) is 17.3. The molecule has 0 saturated carbocycles. The largest absolute Gasteiger partial charge is 0.508 e. The van der Waals surface area contributed by atoms with Crippen LogP contribution in [-0.2, 0) is 20.1 Å². The van der Waals surface area contributed by atoms with Crippen LogP contribution in [0, 0.1) is 6.92 Å². The predicted molar refractivity (Wildman–Crippen MR) is 74.3 cm³/mol. The Morgan fingerprint density at radius 1 is 1.33 bits per heavy atom. The fraction of sp³-hybridized carbons (Fsp3) is 0.308. The summed E-state index contributed by atoms with van der Waals surface area (Å²) in [4.78, 5) is 0. The van der Waals surface area contributed by atoms with Crippen LogP contribution in [0.5, 0.6) is 5.75 Å². The van der Waals surface area contributed by atoms with Crippen molar-refractivity contribution in [2.75, 3.05) is 0 Å². The third-order valence-corrected chi connectivity index (χ3v) is 3.89. The van der Waals surface area contributed by atoms with Crippen LogP contribution in [-0.4, -0.2) is 14.9 Å². The van der Waals surface area contributed by atoms with Crippen molar-refractivity contribution in [1.82, 2.24) is 15.1 Å². The predicted octanol–water partition coefficient (Wildman–Crippen LogP) is 2.49. The standard InChI is InChI=1S/C13H16BrN3O/c1-9-13(14)11(17(2)16-9)8-15-7-10-5-3-4-6-12(10)18/h3-6,15,18H,7-8H2,1-2H3. The molecule has 0 radical (unpaired) electrons. The Bertz CT molecular complexity index is 551. The highest BCUT2D eigenvalue weighted by atomic mass is 79.9. The van der Waals surface area contributed by atoms with Crippen LogP contribution in [0.3, 0.4) is 0 Å². The van der Waals surface area contributed by atoms with Gasteiger partial charge in [-0.25, -0.2) is 0 Å². The Labute approximate surface area is 115 Å². The number of nitrogens with zero attached hydrogens (tertiary/aromatic N) is 2. The van der Waals surface area contributed by atoms with Gasteiger partial charge in [0.1, 0.15) is 5.75 Å². The summed E-state index contributed by atoms with van der Waals surface area (Å²) in [6.07, 6.45) is 0. The van der Waals surface area contributed by atoms with Gasteiger partial charge >= 0.3 is 0 Å². The van der Waals surface area contributed by atoms with Crippen molar-refractivity contribution >= 4 is 15.9 Å². The number of aromatic nitrogens is 2. The number of nitrogens with one attached hydrogen (secondary N) is 1. The number of aromatic hydroxyl groups is 1.